The first-order chi connectivity index (χ1) is 9.46. The molecule has 0 aliphatic heterocycles. The number of furan rings is 1. The summed E-state index contributed by atoms with van der Waals surface area (Å²) in [6, 6.07) is 11.6. The monoisotopic (exact) mass is 291 g/mol. The third-order valence-corrected chi connectivity index (χ3v) is 3.44. The van der Waals surface area contributed by atoms with Gasteiger partial charge in [-0.25, -0.2) is 5.48 Å². The van der Waals surface area contributed by atoms with Crippen molar-refractivity contribution in [1.29, 1.82) is 0 Å². The third-order valence-electron chi connectivity index (χ3n) is 3.05. The molecule has 0 aliphatic carbocycles. The van der Waals surface area contributed by atoms with Crippen LogP contribution in [-0.2, 0) is 14.4 Å². The lowest BCUT2D eigenvalue weighted by atomic mass is 10.1. The molecule has 0 aliphatic rings. The van der Waals surface area contributed by atoms with E-state index in [1.165, 1.54) is 0 Å². The topological polar surface area (TPSA) is 68.5 Å². The van der Waals surface area contributed by atoms with Crippen LogP contribution in [0.4, 0.5) is 5.69 Å². The van der Waals surface area contributed by atoms with Gasteiger partial charge in [0.2, 0.25) is 0 Å². The molecule has 104 valence electrons. The molecule has 6 heteroatoms. The SMILES string of the molecule is Cc1oc2ccc3ccccc3c2c1NOS(C)(=O)=O. The molecule has 1 heterocycles. The summed E-state index contributed by atoms with van der Waals surface area (Å²) in [7, 11) is -3.59. The van der Waals surface area contributed by atoms with Crippen LogP contribution in [0.5, 0.6) is 0 Å². The van der Waals surface area contributed by atoms with Crippen LogP contribution in [0.25, 0.3) is 21.7 Å². The fraction of sp³-hybridized carbons (Fsp3) is 0.143. The van der Waals surface area contributed by atoms with Gasteiger partial charge in [0.1, 0.15) is 17.0 Å². The van der Waals surface area contributed by atoms with Crippen LogP contribution in [0.2, 0.25) is 0 Å². The van der Waals surface area contributed by atoms with Crippen LogP contribution in [-0.4, -0.2) is 14.7 Å². The summed E-state index contributed by atoms with van der Waals surface area (Å²) < 4.78 is 32.6. The highest BCUT2D eigenvalue weighted by atomic mass is 32.2. The van der Waals surface area contributed by atoms with Gasteiger partial charge < -0.3 is 4.42 Å². The van der Waals surface area contributed by atoms with E-state index >= 15 is 0 Å². The average Bonchev–Trinajstić information content (AvgIpc) is 2.71. The lowest BCUT2D eigenvalue weighted by molar-refractivity contribution is 0.394. The van der Waals surface area contributed by atoms with E-state index in [1.54, 1.807) is 6.92 Å². The van der Waals surface area contributed by atoms with E-state index in [9.17, 15) is 8.42 Å². The first-order valence-electron chi connectivity index (χ1n) is 6.01. The Bertz CT molecular complexity index is 896. The lowest BCUT2D eigenvalue weighted by Crippen LogP contribution is -2.09. The van der Waals surface area contributed by atoms with Crippen LogP contribution in [0.3, 0.4) is 0 Å². The number of nitrogens with one attached hydrogen (secondary N) is 1. The fourth-order valence-electron chi connectivity index (χ4n) is 2.23. The normalized spacial score (nSPS) is 12.1. The maximum Gasteiger partial charge on any atom is 0.284 e. The zero-order valence-electron chi connectivity index (χ0n) is 11.0. The highest BCUT2D eigenvalue weighted by Gasteiger charge is 2.15. The molecule has 20 heavy (non-hydrogen) atoms. The zero-order chi connectivity index (χ0) is 14.3. The Hall–Kier alpha value is -2.05. The number of rotatable bonds is 3. The molecule has 0 spiro atoms. The summed E-state index contributed by atoms with van der Waals surface area (Å²) in [6.45, 7) is 1.75. The van der Waals surface area contributed by atoms with Crippen LogP contribution in [0, 0.1) is 6.92 Å². The number of fused-ring (bicyclic) bond motifs is 3. The quantitative estimate of drug-likeness (QED) is 0.750. The van der Waals surface area contributed by atoms with Gasteiger partial charge in [0, 0.05) is 0 Å². The second-order valence-corrected chi connectivity index (χ2v) is 6.16. The Labute approximate surface area is 116 Å². The molecule has 0 fully saturated rings. The Morgan fingerprint density at radius 3 is 2.65 bits per heavy atom. The molecule has 0 unspecified atom stereocenters. The van der Waals surface area contributed by atoms with Gasteiger partial charge in [0.05, 0.1) is 11.6 Å². The maximum absolute atomic E-state index is 11.1. The van der Waals surface area contributed by atoms with Crippen molar-refractivity contribution < 1.29 is 17.1 Å². The smallest absolute Gasteiger partial charge is 0.284 e. The van der Waals surface area contributed by atoms with Gasteiger partial charge in [-0.15, -0.1) is 0 Å². The summed E-state index contributed by atoms with van der Waals surface area (Å²) in [5.41, 5.74) is 3.70. The number of aryl methyl sites for hydroxylation is 1. The highest BCUT2D eigenvalue weighted by Crippen LogP contribution is 2.36. The van der Waals surface area contributed by atoms with Gasteiger partial charge in [-0.05, 0) is 23.8 Å². The molecule has 5 nitrogen and oxygen atoms in total. The van der Waals surface area contributed by atoms with Gasteiger partial charge in [0.25, 0.3) is 10.1 Å². The number of benzene rings is 2. The lowest BCUT2D eigenvalue weighted by Gasteiger charge is -2.05. The zero-order valence-corrected chi connectivity index (χ0v) is 11.8. The summed E-state index contributed by atoms with van der Waals surface area (Å²) in [5, 5.41) is 2.83. The molecule has 1 aromatic heterocycles. The van der Waals surface area contributed by atoms with Gasteiger partial charge in [-0.1, -0.05) is 30.3 Å². The fourth-order valence-corrected chi connectivity index (χ4v) is 2.46. The van der Waals surface area contributed by atoms with E-state index in [4.69, 9.17) is 4.42 Å². The van der Waals surface area contributed by atoms with Crippen LogP contribution in [0.15, 0.2) is 40.8 Å². The van der Waals surface area contributed by atoms with Crippen molar-refractivity contribution in [3.63, 3.8) is 0 Å². The Balaban J connectivity index is 2.24. The molecule has 2 aromatic carbocycles. The number of hydrogen-bond acceptors (Lipinski definition) is 5. The minimum atomic E-state index is -3.59. The molecular formula is C14H13NO4S. The van der Waals surface area contributed by atoms with Gasteiger partial charge in [-0.2, -0.15) is 12.7 Å². The second-order valence-electron chi connectivity index (χ2n) is 4.58. The Morgan fingerprint density at radius 1 is 1.15 bits per heavy atom. The molecule has 1 N–H and O–H groups in total. The molecule has 0 radical (unpaired) electrons. The van der Waals surface area contributed by atoms with Crippen molar-refractivity contribution in [3.8, 4) is 0 Å². The van der Waals surface area contributed by atoms with E-state index in [1.807, 2.05) is 36.4 Å². The minimum absolute atomic E-state index is 0.530. The van der Waals surface area contributed by atoms with Crippen LogP contribution >= 0.6 is 0 Å². The van der Waals surface area contributed by atoms with E-state index in [-0.39, 0.29) is 0 Å². The molecule has 0 saturated carbocycles. The maximum atomic E-state index is 11.1. The summed E-state index contributed by atoms with van der Waals surface area (Å²) in [5.74, 6) is 0.569. The summed E-state index contributed by atoms with van der Waals surface area (Å²) in [6.07, 6.45) is 0.982. The second kappa shape index (κ2) is 4.50. The molecule has 0 saturated heterocycles. The molecular weight excluding hydrogens is 278 g/mol. The van der Waals surface area contributed by atoms with E-state index in [0.717, 1.165) is 22.4 Å². The van der Waals surface area contributed by atoms with Crippen LogP contribution < -0.4 is 5.48 Å². The molecule has 0 bridgehead atoms. The Morgan fingerprint density at radius 2 is 1.90 bits per heavy atom. The Kier molecular flexibility index (Phi) is 2.92. The molecule has 3 aromatic rings. The van der Waals surface area contributed by atoms with E-state index in [0.29, 0.717) is 17.0 Å². The van der Waals surface area contributed by atoms with Gasteiger partial charge >= 0.3 is 0 Å². The molecule has 0 atom stereocenters. The van der Waals surface area contributed by atoms with Gasteiger partial charge in [-0.3, -0.25) is 0 Å². The summed E-state index contributed by atoms with van der Waals surface area (Å²) in [4.78, 5) is 0. The van der Waals surface area contributed by atoms with Crippen molar-refractivity contribution in [2.24, 2.45) is 0 Å². The standard InChI is InChI=1S/C14H13NO4S/c1-9-14(15-19-20(2,16)17)13-11-6-4-3-5-10(11)7-8-12(13)18-9/h3-8,15H,1-2H3. The van der Waals surface area contributed by atoms with Crippen molar-refractivity contribution in [2.75, 3.05) is 11.7 Å². The highest BCUT2D eigenvalue weighted by molar-refractivity contribution is 7.86. The number of hydrogen-bond donors (Lipinski definition) is 1. The van der Waals surface area contributed by atoms with Crippen molar-refractivity contribution in [2.45, 2.75) is 6.92 Å². The predicted molar refractivity (Wildman–Crippen MR) is 78.0 cm³/mol. The van der Waals surface area contributed by atoms with E-state index in [2.05, 4.69) is 9.76 Å². The van der Waals surface area contributed by atoms with Gasteiger partial charge in [0.15, 0.2) is 0 Å². The van der Waals surface area contributed by atoms with Crippen molar-refractivity contribution in [3.05, 3.63) is 42.2 Å². The van der Waals surface area contributed by atoms with E-state index < -0.39 is 10.1 Å². The predicted octanol–water partition coefficient (Wildman–Crippen LogP) is 3.20. The largest absolute Gasteiger partial charge is 0.459 e. The first-order valence-corrected chi connectivity index (χ1v) is 7.83. The average molecular weight is 291 g/mol. The molecule has 3 rings (SSSR count). The first kappa shape index (κ1) is 13.0. The van der Waals surface area contributed by atoms with Crippen LogP contribution in [0.1, 0.15) is 5.76 Å². The third kappa shape index (κ3) is 2.23. The van der Waals surface area contributed by atoms with Crippen molar-refractivity contribution in [1.82, 2.24) is 0 Å². The molecule has 0 amide bonds. The van der Waals surface area contributed by atoms with Crippen molar-refractivity contribution >= 4 is 37.5 Å². The summed E-state index contributed by atoms with van der Waals surface area (Å²) >= 11 is 0. The minimum Gasteiger partial charge on any atom is -0.459 e. The number of anilines is 1.